The monoisotopic (exact) mass is 186 g/mol. The molecule has 0 spiro atoms. The van der Waals surface area contributed by atoms with Crippen molar-refractivity contribution < 1.29 is 0 Å². The van der Waals surface area contributed by atoms with Gasteiger partial charge in [0.2, 0.25) is 0 Å². The summed E-state index contributed by atoms with van der Waals surface area (Å²) in [5, 5.41) is 3.36. The van der Waals surface area contributed by atoms with Gasteiger partial charge >= 0.3 is 0 Å². The lowest BCUT2D eigenvalue weighted by Gasteiger charge is -2.14. The first-order chi connectivity index (χ1) is 6.35. The van der Waals surface area contributed by atoms with Crippen LogP contribution in [0, 0.1) is 5.92 Å². The molecule has 0 aliphatic rings. The topological polar surface area (TPSA) is 38.0 Å². The maximum Gasteiger partial charge on any atom is -0.00489 e. The van der Waals surface area contributed by atoms with Crippen LogP contribution in [0.3, 0.4) is 0 Å². The van der Waals surface area contributed by atoms with E-state index in [1.807, 2.05) is 0 Å². The molecule has 0 fully saturated rings. The van der Waals surface area contributed by atoms with Crippen LogP contribution in [-0.2, 0) is 0 Å². The second-order valence-electron chi connectivity index (χ2n) is 3.73. The molecule has 0 aromatic heterocycles. The molecular weight excluding hydrogens is 160 g/mol. The van der Waals surface area contributed by atoms with Crippen LogP contribution in [0.25, 0.3) is 0 Å². The van der Waals surface area contributed by atoms with Crippen LogP contribution in [0.1, 0.15) is 46.0 Å². The van der Waals surface area contributed by atoms with Gasteiger partial charge in [-0.15, -0.1) is 0 Å². The Morgan fingerprint density at radius 3 is 2.46 bits per heavy atom. The molecule has 0 aliphatic heterocycles. The fraction of sp³-hybridized carbons (Fsp3) is 1.00. The predicted molar refractivity (Wildman–Crippen MR) is 59.8 cm³/mol. The fourth-order valence-corrected chi connectivity index (χ4v) is 1.77. The maximum absolute atomic E-state index is 5.57. The molecule has 0 aliphatic carbocycles. The zero-order valence-corrected chi connectivity index (χ0v) is 9.31. The van der Waals surface area contributed by atoms with Crippen molar-refractivity contribution >= 4 is 0 Å². The molecule has 1 unspecified atom stereocenters. The molecule has 0 heterocycles. The summed E-state index contributed by atoms with van der Waals surface area (Å²) >= 11 is 0. The van der Waals surface area contributed by atoms with E-state index in [0.29, 0.717) is 0 Å². The Morgan fingerprint density at radius 2 is 1.92 bits per heavy atom. The van der Waals surface area contributed by atoms with Crippen LogP contribution < -0.4 is 11.1 Å². The van der Waals surface area contributed by atoms with Gasteiger partial charge in [-0.05, 0) is 44.8 Å². The Hall–Kier alpha value is -0.0800. The van der Waals surface area contributed by atoms with Gasteiger partial charge < -0.3 is 11.1 Å². The number of hydrogen-bond acceptors (Lipinski definition) is 2. The Balaban J connectivity index is 3.33. The summed E-state index contributed by atoms with van der Waals surface area (Å²) in [6, 6.07) is 0. The molecule has 80 valence electrons. The average molecular weight is 186 g/mol. The fourth-order valence-electron chi connectivity index (χ4n) is 1.77. The predicted octanol–water partition coefficient (Wildman–Crippen LogP) is 2.14. The van der Waals surface area contributed by atoms with Gasteiger partial charge in [0, 0.05) is 0 Å². The third-order valence-corrected chi connectivity index (χ3v) is 2.49. The highest BCUT2D eigenvalue weighted by atomic mass is 14.8. The minimum absolute atomic E-state index is 0.853. The summed E-state index contributed by atoms with van der Waals surface area (Å²) in [5.74, 6) is 0.869. The zero-order valence-electron chi connectivity index (χ0n) is 9.31. The van der Waals surface area contributed by atoms with Crippen molar-refractivity contribution in [3.05, 3.63) is 0 Å². The maximum atomic E-state index is 5.57. The molecule has 0 aromatic carbocycles. The quantitative estimate of drug-likeness (QED) is 0.541. The van der Waals surface area contributed by atoms with E-state index in [1.165, 1.54) is 38.6 Å². The standard InChI is InChI=1S/C11H26N2/c1-3-6-11(8-9-12)7-5-10-13-4-2/h11,13H,3-10,12H2,1-2H3. The second-order valence-corrected chi connectivity index (χ2v) is 3.73. The number of rotatable bonds is 9. The lowest BCUT2D eigenvalue weighted by Crippen LogP contribution is -2.16. The number of nitrogens with two attached hydrogens (primary N) is 1. The summed E-state index contributed by atoms with van der Waals surface area (Å²) in [5.41, 5.74) is 5.57. The third-order valence-electron chi connectivity index (χ3n) is 2.49. The molecule has 0 amide bonds. The first-order valence-electron chi connectivity index (χ1n) is 5.75. The van der Waals surface area contributed by atoms with Crippen molar-refractivity contribution in [2.24, 2.45) is 11.7 Å². The molecule has 0 saturated carbocycles. The first kappa shape index (κ1) is 12.9. The van der Waals surface area contributed by atoms with Crippen LogP contribution in [0.4, 0.5) is 0 Å². The van der Waals surface area contributed by atoms with Gasteiger partial charge in [0.05, 0.1) is 0 Å². The van der Waals surface area contributed by atoms with Crippen molar-refractivity contribution in [1.29, 1.82) is 0 Å². The van der Waals surface area contributed by atoms with Gasteiger partial charge in [-0.1, -0.05) is 26.7 Å². The van der Waals surface area contributed by atoms with E-state index >= 15 is 0 Å². The van der Waals surface area contributed by atoms with Crippen LogP contribution >= 0.6 is 0 Å². The molecule has 0 rings (SSSR count). The first-order valence-corrected chi connectivity index (χ1v) is 5.75. The molecule has 0 bridgehead atoms. The Bertz CT molecular complexity index is 88.1. The van der Waals surface area contributed by atoms with Crippen molar-refractivity contribution in [1.82, 2.24) is 5.32 Å². The second kappa shape index (κ2) is 10.0. The highest BCUT2D eigenvalue weighted by Gasteiger charge is 2.05. The van der Waals surface area contributed by atoms with Crippen molar-refractivity contribution in [2.45, 2.75) is 46.0 Å². The minimum Gasteiger partial charge on any atom is -0.330 e. The van der Waals surface area contributed by atoms with E-state index in [9.17, 15) is 0 Å². The molecule has 0 aromatic rings. The smallest absolute Gasteiger partial charge is 0.00489 e. The van der Waals surface area contributed by atoms with Crippen LogP contribution in [-0.4, -0.2) is 19.6 Å². The zero-order chi connectivity index (χ0) is 9.94. The van der Waals surface area contributed by atoms with Crippen molar-refractivity contribution in [3.63, 3.8) is 0 Å². The Morgan fingerprint density at radius 1 is 1.15 bits per heavy atom. The molecule has 0 saturated heterocycles. The van der Waals surface area contributed by atoms with Gasteiger partial charge in [0.1, 0.15) is 0 Å². The highest BCUT2D eigenvalue weighted by molar-refractivity contribution is 4.60. The van der Waals surface area contributed by atoms with Crippen LogP contribution in [0.2, 0.25) is 0 Å². The normalized spacial score (nSPS) is 13.2. The lowest BCUT2D eigenvalue weighted by atomic mass is 9.94. The average Bonchev–Trinajstić information content (AvgIpc) is 2.13. The van der Waals surface area contributed by atoms with E-state index in [-0.39, 0.29) is 0 Å². The van der Waals surface area contributed by atoms with Gasteiger partial charge in [-0.25, -0.2) is 0 Å². The van der Waals surface area contributed by atoms with Crippen molar-refractivity contribution in [3.8, 4) is 0 Å². The molecule has 13 heavy (non-hydrogen) atoms. The molecule has 0 radical (unpaired) electrons. The summed E-state index contributed by atoms with van der Waals surface area (Å²) in [6.45, 7) is 7.53. The van der Waals surface area contributed by atoms with E-state index in [4.69, 9.17) is 5.73 Å². The molecule has 1 atom stereocenters. The highest BCUT2D eigenvalue weighted by Crippen LogP contribution is 2.16. The van der Waals surface area contributed by atoms with Gasteiger partial charge in [-0.2, -0.15) is 0 Å². The largest absolute Gasteiger partial charge is 0.330 e. The lowest BCUT2D eigenvalue weighted by molar-refractivity contribution is 0.405. The van der Waals surface area contributed by atoms with E-state index in [2.05, 4.69) is 19.2 Å². The number of hydrogen-bond donors (Lipinski definition) is 2. The van der Waals surface area contributed by atoms with Gasteiger partial charge in [-0.3, -0.25) is 0 Å². The molecular formula is C11H26N2. The van der Waals surface area contributed by atoms with Crippen LogP contribution in [0.15, 0.2) is 0 Å². The third kappa shape index (κ3) is 8.26. The van der Waals surface area contributed by atoms with E-state index in [1.54, 1.807) is 0 Å². The molecule has 3 N–H and O–H groups in total. The number of nitrogens with one attached hydrogen (secondary N) is 1. The van der Waals surface area contributed by atoms with Gasteiger partial charge in [0.25, 0.3) is 0 Å². The van der Waals surface area contributed by atoms with Gasteiger partial charge in [0.15, 0.2) is 0 Å². The summed E-state index contributed by atoms with van der Waals surface area (Å²) in [4.78, 5) is 0. The Labute approximate surface area is 83.3 Å². The minimum atomic E-state index is 0.853. The molecule has 2 nitrogen and oxygen atoms in total. The molecule has 2 heteroatoms. The summed E-state index contributed by atoms with van der Waals surface area (Å²) in [6.07, 6.45) is 6.51. The summed E-state index contributed by atoms with van der Waals surface area (Å²) in [7, 11) is 0. The van der Waals surface area contributed by atoms with Crippen molar-refractivity contribution in [2.75, 3.05) is 19.6 Å². The SMILES string of the molecule is CCCC(CCN)CCCNCC. The Kier molecular flexibility index (Phi) is 9.94. The van der Waals surface area contributed by atoms with Crippen LogP contribution in [0.5, 0.6) is 0 Å². The van der Waals surface area contributed by atoms with E-state index < -0.39 is 0 Å². The summed E-state index contributed by atoms with van der Waals surface area (Å²) < 4.78 is 0. The van der Waals surface area contributed by atoms with E-state index in [0.717, 1.165) is 19.0 Å².